The number of aromatic hydroxyl groups is 1. The molecule has 0 saturated heterocycles. The van der Waals surface area contributed by atoms with Gasteiger partial charge in [0.1, 0.15) is 0 Å². The Bertz CT molecular complexity index is 667. The molecule has 130 valence electrons. The minimum atomic E-state index is 0.180. The summed E-state index contributed by atoms with van der Waals surface area (Å²) >= 11 is 0. The van der Waals surface area contributed by atoms with E-state index in [9.17, 15) is 5.11 Å². The van der Waals surface area contributed by atoms with Gasteiger partial charge in [-0.2, -0.15) is 0 Å². The first-order chi connectivity index (χ1) is 11.6. The predicted octanol–water partition coefficient (Wildman–Crippen LogP) is 4.23. The molecule has 0 bridgehead atoms. The highest BCUT2D eigenvalue weighted by atomic mass is 16.5. The van der Waals surface area contributed by atoms with Crippen LogP contribution in [0.1, 0.15) is 24.5 Å². The van der Waals surface area contributed by atoms with Gasteiger partial charge in [-0.05, 0) is 60.6 Å². The summed E-state index contributed by atoms with van der Waals surface area (Å²) in [5.74, 6) is 2.76. The SMILES string of the molecule is COc1cc(CC[C@H](C)Cc2ccc(OC)c(OC)c2)ccc1O. The second-order valence-corrected chi connectivity index (χ2v) is 6.04. The van der Waals surface area contributed by atoms with Crippen molar-refractivity contribution in [2.75, 3.05) is 21.3 Å². The molecule has 0 heterocycles. The summed E-state index contributed by atoms with van der Waals surface area (Å²) in [6.45, 7) is 2.24. The average molecular weight is 330 g/mol. The van der Waals surface area contributed by atoms with Crippen LogP contribution < -0.4 is 14.2 Å². The number of benzene rings is 2. The first-order valence-corrected chi connectivity index (χ1v) is 8.14. The van der Waals surface area contributed by atoms with Crippen molar-refractivity contribution in [3.05, 3.63) is 47.5 Å². The highest BCUT2D eigenvalue weighted by Gasteiger charge is 2.09. The summed E-state index contributed by atoms with van der Waals surface area (Å²) in [6, 6.07) is 11.6. The van der Waals surface area contributed by atoms with E-state index < -0.39 is 0 Å². The van der Waals surface area contributed by atoms with Gasteiger partial charge in [0, 0.05) is 0 Å². The number of ether oxygens (including phenoxy) is 3. The van der Waals surface area contributed by atoms with Crippen LogP contribution in [0.15, 0.2) is 36.4 Å². The summed E-state index contributed by atoms with van der Waals surface area (Å²) in [5.41, 5.74) is 2.41. The number of rotatable bonds is 8. The Balaban J connectivity index is 1.95. The van der Waals surface area contributed by atoms with E-state index in [-0.39, 0.29) is 5.75 Å². The maximum Gasteiger partial charge on any atom is 0.160 e. The van der Waals surface area contributed by atoms with Crippen molar-refractivity contribution in [1.29, 1.82) is 0 Å². The molecule has 24 heavy (non-hydrogen) atoms. The van der Waals surface area contributed by atoms with Crippen LogP contribution in [0.2, 0.25) is 0 Å². The van der Waals surface area contributed by atoms with Crippen LogP contribution >= 0.6 is 0 Å². The van der Waals surface area contributed by atoms with Crippen molar-refractivity contribution >= 4 is 0 Å². The minimum absolute atomic E-state index is 0.180. The van der Waals surface area contributed by atoms with Crippen LogP contribution in [0.4, 0.5) is 0 Å². The van der Waals surface area contributed by atoms with E-state index in [4.69, 9.17) is 14.2 Å². The molecular formula is C20H26O4. The number of aryl methyl sites for hydroxylation is 1. The van der Waals surface area contributed by atoms with Gasteiger partial charge in [-0.1, -0.05) is 19.1 Å². The third-order valence-electron chi connectivity index (χ3n) is 4.20. The minimum Gasteiger partial charge on any atom is -0.504 e. The van der Waals surface area contributed by atoms with Crippen LogP contribution in [0.25, 0.3) is 0 Å². The Morgan fingerprint density at radius 2 is 1.46 bits per heavy atom. The average Bonchev–Trinajstić information content (AvgIpc) is 2.60. The lowest BCUT2D eigenvalue weighted by molar-refractivity contribution is 0.354. The van der Waals surface area contributed by atoms with Crippen LogP contribution in [0.3, 0.4) is 0 Å². The first kappa shape index (κ1) is 18.0. The van der Waals surface area contributed by atoms with Crippen molar-refractivity contribution in [2.24, 2.45) is 5.92 Å². The molecule has 1 atom stereocenters. The largest absolute Gasteiger partial charge is 0.504 e. The van der Waals surface area contributed by atoms with Gasteiger partial charge in [0.25, 0.3) is 0 Å². The monoisotopic (exact) mass is 330 g/mol. The standard InChI is InChI=1S/C20H26O4/c1-14(5-6-15-7-9-17(21)19(12-15)23-3)11-16-8-10-18(22-2)20(13-16)24-4/h7-10,12-14,21H,5-6,11H2,1-4H3/t14-/m0/s1. The lowest BCUT2D eigenvalue weighted by Crippen LogP contribution is -2.03. The van der Waals surface area contributed by atoms with Crippen molar-refractivity contribution < 1.29 is 19.3 Å². The van der Waals surface area contributed by atoms with Crippen molar-refractivity contribution in [1.82, 2.24) is 0 Å². The molecule has 4 heteroatoms. The molecule has 2 aromatic carbocycles. The van der Waals surface area contributed by atoms with Crippen LogP contribution in [0, 0.1) is 5.92 Å². The molecule has 0 aromatic heterocycles. The zero-order chi connectivity index (χ0) is 17.5. The van der Waals surface area contributed by atoms with E-state index in [1.807, 2.05) is 24.3 Å². The van der Waals surface area contributed by atoms with Crippen molar-refractivity contribution in [3.8, 4) is 23.0 Å². The zero-order valence-electron chi connectivity index (χ0n) is 14.8. The fourth-order valence-corrected chi connectivity index (χ4v) is 2.80. The molecule has 0 spiro atoms. The molecule has 0 unspecified atom stereocenters. The molecule has 0 amide bonds. The predicted molar refractivity (Wildman–Crippen MR) is 95.4 cm³/mol. The van der Waals surface area contributed by atoms with Crippen molar-refractivity contribution in [3.63, 3.8) is 0 Å². The van der Waals surface area contributed by atoms with E-state index in [0.29, 0.717) is 11.7 Å². The maximum atomic E-state index is 9.65. The second kappa shape index (κ2) is 8.48. The molecule has 2 rings (SSSR count). The molecule has 2 aromatic rings. The van der Waals surface area contributed by atoms with Gasteiger partial charge in [0.15, 0.2) is 23.0 Å². The van der Waals surface area contributed by atoms with E-state index >= 15 is 0 Å². The molecule has 0 fully saturated rings. The molecule has 0 aliphatic heterocycles. The Morgan fingerprint density at radius 3 is 2.12 bits per heavy atom. The summed E-state index contributed by atoms with van der Waals surface area (Å²) in [5, 5.41) is 9.65. The molecule has 0 saturated carbocycles. The summed E-state index contributed by atoms with van der Waals surface area (Å²) < 4.78 is 15.8. The van der Waals surface area contributed by atoms with Crippen LogP contribution in [-0.4, -0.2) is 26.4 Å². The van der Waals surface area contributed by atoms with Crippen LogP contribution in [-0.2, 0) is 12.8 Å². The molecule has 4 nitrogen and oxygen atoms in total. The Morgan fingerprint density at radius 1 is 0.833 bits per heavy atom. The summed E-state index contributed by atoms with van der Waals surface area (Å²) in [6.07, 6.45) is 2.99. The van der Waals surface area contributed by atoms with Gasteiger partial charge in [0.05, 0.1) is 21.3 Å². The molecular weight excluding hydrogens is 304 g/mol. The van der Waals surface area contributed by atoms with Crippen molar-refractivity contribution in [2.45, 2.75) is 26.2 Å². The van der Waals surface area contributed by atoms with E-state index in [1.165, 1.54) is 11.1 Å². The fraction of sp³-hybridized carbons (Fsp3) is 0.400. The third kappa shape index (κ3) is 4.57. The second-order valence-electron chi connectivity index (χ2n) is 6.04. The normalized spacial score (nSPS) is 11.8. The van der Waals surface area contributed by atoms with Gasteiger partial charge in [0.2, 0.25) is 0 Å². The van der Waals surface area contributed by atoms with E-state index in [1.54, 1.807) is 27.4 Å². The number of hydrogen-bond donors (Lipinski definition) is 1. The third-order valence-corrected chi connectivity index (χ3v) is 4.20. The van der Waals surface area contributed by atoms with Crippen LogP contribution in [0.5, 0.6) is 23.0 Å². The highest BCUT2D eigenvalue weighted by molar-refractivity contribution is 5.43. The molecule has 0 radical (unpaired) electrons. The number of phenolic OH excluding ortho intramolecular Hbond substituents is 1. The maximum absolute atomic E-state index is 9.65. The highest BCUT2D eigenvalue weighted by Crippen LogP contribution is 2.30. The van der Waals surface area contributed by atoms with Gasteiger partial charge in [-0.3, -0.25) is 0 Å². The van der Waals surface area contributed by atoms with Gasteiger partial charge >= 0.3 is 0 Å². The van der Waals surface area contributed by atoms with E-state index in [2.05, 4.69) is 13.0 Å². The number of hydrogen-bond acceptors (Lipinski definition) is 4. The van der Waals surface area contributed by atoms with Gasteiger partial charge in [-0.15, -0.1) is 0 Å². The fourth-order valence-electron chi connectivity index (χ4n) is 2.80. The first-order valence-electron chi connectivity index (χ1n) is 8.14. The molecule has 0 aliphatic rings. The summed E-state index contributed by atoms with van der Waals surface area (Å²) in [4.78, 5) is 0. The Labute approximate surface area is 144 Å². The topological polar surface area (TPSA) is 47.9 Å². The van der Waals surface area contributed by atoms with Gasteiger partial charge in [-0.25, -0.2) is 0 Å². The lowest BCUT2D eigenvalue weighted by Gasteiger charge is -2.14. The molecule has 1 N–H and O–H groups in total. The molecule has 0 aliphatic carbocycles. The smallest absolute Gasteiger partial charge is 0.160 e. The number of phenols is 1. The number of methoxy groups -OCH3 is 3. The summed E-state index contributed by atoms with van der Waals surface area (Å²) in [7, 11) is 4.87. The Kier molecular flexibility index (Phi) is 6.36. The van der Waals surface area contributed by atoms with E-state index in [0.717, 1.165) is 30.8 Å². The Hall–Kier alpha value is -2.36. The lowest BCUT2D eigenvalue weighted by atomic mass is 9.94. The zero-order valence-corrected chi connectivity index (χ0v) is 14.8. The van der Waals surface area contributed by atoms with Gasteiger partial charge < -0.3 is 19.3 Å². The quantitative estimate of drug-likeness (QED) is 0.787.